The van der Waals surface area contributed by atoms with E-state index in [0.717, 1.165) is 24.3 Å². The molecule has 4 nitrogen and oxygen atoms in total. The molecule has 0 N–H and O–H groups in total. The van der Waals surface area contributed by atoms with Crippen LogP contribution in [0.5, 0.6) is 0 Å². The lowest BCUT2D eigenvalue weighted by Gasteiger charge is -2.36. The van der Waals surface area contributed by atoms with E-state index in [1.165, 1.54) is 0 Å². The second-order valence-corrected chi connectivity index (χ2v) is 5.30. The van der Waals surface area contributed by atoms with Gasteiger partial charge in [0.25, 0.3) is 5.91 Å². The van der Waals surface area contributed by atoms with Crippen LogP contribution >= 0.6 is 0 Å². The van der Waals surface area contributed by atoms with Gasteiger partial charge in [0.2, 0.25) is 0 Å². The van der Waals surface area contributed by atoms with Gasteiger partial charge in [-0.3, -0.25) is 4.79 Å². The molecule has 0 radical (unpaired) electrons. The number of nitrogens with zero attached hydrogens (tertiary/aromatic N) is 3. The minimum absolute atomic E-state index is 0.0973. The van der Waals surface area contributed by atoms with Crippen molar-refractivity contribution < 1.29 is 4.79 Å². The van der Waals surface area contributed by atoms with Gasteiger partial charge in [0.05, 0.1) is 11.6 Å². The van der Waals surface area contributed by atoms with Crippen molar-refractivity contribution in [1.82, 2.24) is 4.90 Å². The average molecular weight is 291 g/mol. The van der Waals surface area contributed by atoms with Gasteiger partial charge in [0, 0.05) is 37.4 Å². The van der Waals surface area contributed by atoms with E-state index in [0.29, 0.717) is 18.7 Å². The summed E-state index contributed by atoms with van der Waals surface area (Å²) in [6.07, 6.45) is 0. The van der Waals surface area contributed by atoms with E-state index in [1.54, 1.807) is 0 Å². The molecule has 110 valence electrons. The number of hydrogen-bond acceptors (Lipinski definition) is 3. The van der Waals surface area contributed by atoms with Crippen LogP contribution in [0.25, 0.3) is 0 Å². The predicted molar refractivity (Wildman–Crippen MR) is 85.7 cm³/mol. The maximum Gasteiger partial charge on any atom is 0.253 e. The second-order valence-electron chi connectivity index (χ2n) is 5.30. The molecule has 0 saturated carbocycles. The Hall–Kier alpha value is -2.80. The molecule has 22 heavy (non-hydrogen) atoms. The highest BCUT2D eigenvalue weighted by atomic mass is 16.2. The molecule has 0 bridgehead atoms. The van der Waals surface area contributed by atoms with E-state index < -0.39 is 0 Å². The van der Waals surface area contributed by atoms with Gasteiger partial charge in [0.1, 0.15) is 0 Å². The molecule has 2 aromatic carbocycles. The number of hydrogen-bond donors (Lipinski definition) is 0. The molecule has 1 amide bonds. The van der Waals surface area contributed by atoms with Gasteiger partial charge in [-0.05, 0) is 36.4 Å². The first-order chi connectivity index (χ1) is 10.8. The van der Waals surface area contributed by atoms with Crippen LogP contribution in [-0.2, 0) is 0 Å². The molecule has 0 spiro atoms. The van der Waals surface area contributed by atoms with Gasteiger partial charge in [-0.2, -0.15) is 5.26 Å². The van der Waals surface area contributed by atoms with E-state index in [1.807, 2.05) is 59.5 Å². The Labute approximate surface area is 130 Å². The molecule has 4 heteroatoms. The molecule has 0 aliphatic carbocycles. The largest absolute Gasteiger partial charge is 0.368 e. The van der Waals surface area contributed by atoms with E-state index in [9.17, 15) is 4.79 Å². The zero-order chi connectivity index (χ0) is 15.4. The summed E-state index contributed by atoms with van der Waals surface area (Å²) in [5, 5.41) is 8.84. The van der Waals surface area contributed by atoms with Crippen LogP contribution in [0.15, 0.2) is 54.6 Å². The van der Waals surface area contributed by atoms with Crippen molar-refractivity contribution in [2.24, 2.45) is 0 Å². The monoisotopic (exact) mass is 291 g/mol. The van der Waals surface area contributed by atoms with Crippen molar-refractivity contribution in [3.05, 3.63) is 65.7 Å². The first-order valence-corrected chi connectivity index (χ1v) is 7.37. The fourth-order valence-electron chi connectivity index (χ4n) is 2.68. The molecule has 2 aromatic rings. The number of benzene rings is 2. The zero-order valence-electron chi connectivity index (χ0n) is 12.3. The van der Waals surface area contributed by atoms with Gasteiger partial charge in [-0.15, -0.1) is 0 Å². The molecular weight excluding hydrogens is 274 g/mol. The molecule has 1 fully saturated rings. The lowest BCUT2D eigenvalue weighted by molar-refractivity contribution is 0.0747. The summed E-state index contributed by atoms with van der Waals surface area (Å²) >= 11 is 0. The maximum absolute atomic E-state index is 12.4. The summed E-state index contributed by atoms with van der Waals surface area (Å²) in [7, 11) is 0. The minimum atomic E-state index is 0.0973. The quantitative estimate of drug-likeness (QED) is 0.854. The summed E-state index contributed by atoms with van der Waals surface area (Å²) < 4.78 is 0. The van der Waals surface area contributed by atoms with Crippen molar-refractivity contribution in [2.45, 2.75) is 0 Å². The fourth-order valence-corrected chi connectivity index (χ4v) is 2.68. The molecule has 1 saturated heterocycles. The molecule has 3 rings (SSSR count). The van der Waals surface area contributed by atoms with Gasteiger partial charge in [-0.1, -0.05) is 18.2 Å². The maximum atomic E-state index is 12.4. The van der Waals surface area contributed by atoms with E-state index >= 15 is 0 Å². The Morgan fingerprint density at radius 3 is 2.14 bits per heavy atom. The number of carbonyl (C=O) groups excluding carboxylic acids is 1. The molecule has 1 heterocycles. The number of piperazine rings is 1. The average Bonchev–Trinajstić information content (AvgIpc) is 2.62. The standard InChI is InChI=1S/C18H17N3O/c19-14-15-6-8-17(9-7-15)20-10-12-21(13-11-20)18(22)16-4-2-1-3-5-16/h1-9H,10-13H2. The second kappa shape index (κ2) is 6.31. The Kier molecular flexibility index (Phi) is 4.06. The highest BCUT2D eigenvalue weighted by Gasteiger charge is 2.22. The Morgan fingerprint density at radius 2 is 1.55 bits per heavy atom. The lowest BCUT2D eigenvalue weighted by Crippen LogP contribution is -2.48. The predicted octanol–water partition coefficient (Wildman–Crippen LogP) is 2.52. The number of anilines is 1. The fraction of sp³-hybridized carbons (Fsp3) is 0.222. The Balaban J connectivity index is 1.62. The summed E-state index contributed by atoms with van der Waals surface area (Å²) in [5.41, 5.74) is 2.52. The third kappa shape index (κ3) is 2.94. The van der Waals surface area contributed by atoms with Crippen LogP contribution in [0.1, 0.15) is 15.9 Å². The topological polar surface area (TPSA) is 47.3 Å². The van der Waals surface area contributed by atoms with Crippen molar-refractivity contribution in [3.63, 3.8) is 0 Å². The zero-order valence-corrected chi connectivity index (χ0v) is 12.3. The third-order valence-electron chi connectivity index (χ3n) is 3.95. The summed E-state index contributed by atoms with van der Waals surface area (Å²) in [4.78, 5) is 16.5. The normalized spacial score (nSPS) is 14.5. The van der Waals surface area contributed by atoms with Crippen LogP contribution in [-0.4, -0.2) is 37.0 Å². The molecular formula is C18H17N3O. The van der Waals surface area contributed by atoms with Crippen LogP contribution in [0.3, 0.4) is 0 Å². The molecule has 0 unspecified atom stereocenters. The molecule has 1 aliphatic heterocycles. The SMILES string of the molecule is N#Cc1ccc(N2CCN(C(=O)c3ccccc3)CC2)cc1. The van der Waals surface area contributed by atoms with Crippen LogP contribution in [0, 0.1) is 11.3 Å². The van der Waals surface area contributed by atoms with Gasteiger partial charge < -0.3 is 9.80 Å². The van der Waals surface area contributed by atoms with Crippen molar-refractivity contribution in [1.29, 1.82) is 5.26 Å². The Bertz CT molecular complexity index is 681. The highest BCUT2D eigenvalue weighted by Crippen LogP contribution is 2.18. The van der Waals surface area contributed by atoms with Crippen molar-refractivity contribution >= 4 is 11.6 Å². The summed E-state index contributed by atoms with van der Waals surface area (Å²) in [6.45, 7) is 3.05. The smallest absolute Gasteiger partial charge is 0.253 e. The van der Waals surface area contributed by atoms with Crippen molar-refractivity contribution in [2.75, 3.05) is 31.1 Å². The van der Waals surface area contributed by atoms with E-state index in [-0.39, 0.29) is 5.91 Å². The van der Waals surface area contributed by atoms with E-state index in [2.05, 4.69) is 11.0 Å². The van der Waals surface area contributed by atoms with Gasteiger partial charge in [0.15, 0.2) is 0 Å². The molecule has 0 aromatic heterocycles. The number of carbonyl (C=O) groups is 1. The van der Waals surface area contributed by atoms with Crippen LogP contribution in [0.4, 0.5) is 5.69 Å². The lowest BCUT2D eigenvalue weighted by atomic mass is 10.1. The first-order valence-electron chi connectivity index (χ1n) is 7.37. The molecule has 0 atom stereocenters. The van der Waals surface area contributed by atoms with E-state index in [4.69, 9.17) is 5.26 Å². The van der Waals surface area contributed by atoms with Gasteiger partial charge in [-0.25, -0.2) is 0 Å². The first kappa shape index (κ1) is 14.2. The number of nitriles is 1. The number of rotatable bonds is 2. The Morgan fingerprint density at radius 1 is 0.909 bits per heavy atom. The third-order valence-corrected chi connectivity index (χ3v) is 3.95. The van der Waals surface area contributed by atoms with Crippen LogP contribution in [0.2, 0.25) is 0 Å². The van der Waals surface area contributed by atoms with Crippen LogP contribution < -0.4 is 4.90 Å². The summed E-state index contributed by atoms with van der Waals surface area (Å²) in [5.74, 6) is 0.0973. The van der Waals surface area contributed by atoms with Gasteiger partial charge >= 0.3 is 0 Å². The number of amides is 1. The van der Waals surface area contributed by atoms with Crippen molar-refractivity contribution in [3.8, 4) is 6.07 Å². The summed E-state index contributed by atoms with van der Waals surface area (Å²) in [6, 6.07) is 19.1. The minimum Gasteiger partial charge on any atom is -0.368 e. The molecule has 1 aliphatic rings. The highest BCUT2D eigenvalue weighted by molar-refractivity contribution is 5.94.